The molecule has 0 aliphatic heterocycles. The molecule has 0 spiro atoms. The Morgan fingerprint density at radius 1 is 1.21 bits per heavy atom. The van der Waals surface area contributed by atoms with Crippen molar-refractivity contribution in [1.82, 2.24) is 0 Å². The van der Waals surface area contributed by atoms with E-state index in [0.717, 1.165) is 4.90 Å². The van der Waals surface area contributed by atoms with Gasteiger partial charge in [-0.1, -0.05) is 17.7 Å². The Hall–Kier alpha value is -1.32. The van der Waals surface area contributed by atoms with Gasteiger partial charge in [0.2, 0.25) is 0 Å². The highest BCUT2D eigenvalue weighted by Crippen LogP contribution is 2.27. The van der Waals surface area contributed by atoms with Crippen LogP contribution in [0.4, 0.5) is 4.39 Å². The van der Waals surface area contributed by atoms with Gasteiger partial charge in [0.05, 0.1) is 5.25 Å². The molecular formula is C15H12ClFOS. The first-order valence-corrected chi connectivity index (χ1v) is 7.04. The summed E-state index contributed by atoms with van der Waals surface area (Å²) in [4.78, 5) is 13.1. The maximum absolute atomic E-state index is 12.8. The first kappa shape index (κ1) is 14.1. The average Bonchev–Trinajstić information content (AvgIpc) is 2.39. The summed E-state index contributed by atoms with van der Waals surface area (Å²) in [6, 6.07) is 13.0. The van der Waals surface area contributed by atoms with Crippen molar-refractivity contribution in [2.45, 2.75) is 17.1 Å². The highest BCUT2D eigenvalue weighted by molar-refractivity contribution is 8.00. The van der Waals surface area contributed by atoms with E-state index < -0.39 is 0 Å². The Balaban J connectivity index is 2.09. The van der Waals surface area contributed by atoms with Crippen LogP contribution in [0.25, 0.3) is 0 Å². The normalized spacial score (nSPS) is 12.2. The standard InChI is InChI=1S/C15H12ClFOS/c1-10(19-14-4-2-3-12(16)9-14)15(18)11-5-7-13(17)8-6-11/h2-10H,1H3. The van der Waals surface area contributed by atoms with E-state index in [1.54, 1.807) is 6.07 Å². The molecule has 0 bridgehead atoms. The summed E-state index contributed by atoms with van der Waals surface area (Å²) in [7, 11) is 0. The molecule has 0 radical (unpaired) electrons. The van der Waals surface area contributed by atoms with E-state index in [0.29, 0.717) is 10.6 Å². The summed E-state index contributed by atoms with van der Waals surface area (Å²) in [5.74, 6) is -0.364. The number of hydrogen-bond donors (Lipinski definition) is 0. The predicted molar refractivity (Wildman–Crippen MR) is 77.5 cm³/mol. The molecule has 2 rings (SSSR count). The third kappa shape index (κ3) is 3.82. The quantitative estimate of drug-likeness (QED) is 0.593. The number of benzene rings is 2. The summed E-state index contributed by atoms with van der Waals surface area (Å²) in [6.07, 6.45) is 0. The van der Waals surface area contributed by atoms with Crippen LogP contribution in [0.2, 0.25) is 5.02 Å². The van der Waals surface area contributed by atoms with Gasteiger partial charge in [-0.3, -0.25) is 4.79 Å². The Morgan fingerprint density at radius 2 is 1.89 bits per heavy atom. The van der Waals surface area contributed by atoms with Gasteiger partial charge in [0, 0.05) is 15.5 Å². The van der Waals surface area contributed by atoms with Gasteiger partial charge in [-0.15, -0.1) is 11.8 Å². The second-order valence-corrected chi connectivity index (χ2v) is 5.94. The molecule has 1 unspecified atom stereocenters. The van der Waals surface area contributed by atoms with Crippen LogP contribution >= 0.6 is 23.4 Å². The molecule has 1 nitrogen and oxygen atoms in total. The SMILES string of the molecule is CC(Sc1cccc(Cl)c1)C(=O)c1ccc(F)cc1. The maximum Gasteiger partial charge on any atom is 0.175 e. The van der Waals surface area contributed by atoms with E-state index in [1.165, 1.54) is 36.0 Å². The lowest BCUT2D eigenvalue weighted by Gasteiger charge is -2.10. The zero-order valence-electron chi connectivity index (χ0n) is 10.3. The zero-order chi connectivity index (χ0) is 13.8. The number of rotatable bonds is 4. The molecule has 2 aromatic carbocycles. The fourth-order valence-electron chi connectivity index (χ4n) is 1.65. The third-order valence-electron chi connectivity index (χ3n) is 2.61. The van der Waals surface area contributed by atoms with Crippen LogP contribution in [0, 0.1) is 5.82 Å². The Labute approximate surface area is 120 Å². The number of carbonyl (C=O) groups excluding carboxylic acids is 1. The smallest absolute Gasteiger partial charge is 0.175 e. The average molecular weight is 295 g/mol. The molecule has 4 heteroatoms. The topological polar surface area (TPSA) is 17.1 Å². The van der Waals surface area contributed by atoms with Gasteiger partial charge in [0.15, 0.2) is 5.78 Å². The number of Topliss-reactive ketones (excluding diaryl/α,β-unsaturated/α-hetero) is 1. The summed E-state index contributed by atoms with van der Waals surface area (Å²) < 4.78 is 12.8. The number of hydrogen-bond acceptors (Lipinski definition) is 2. The number of carbonyl (C=O) groups is 1. The van der Waals surface area contributed by atoms with Crippen LogP contribution in [-0.2, 0) is 0 Å². The molecule has 0 amide bonds. The molecule has 0 saturated heterocycles. The van der Waals surface area contributed by atoms with Crippen molar-refractivity contribution in [1.29, 1.82) is 0 Å². The number of ketones is 1. The van der Waals surface area contributed by atoms with E-state index in [2.05, 4.69) is 0 Å². The fourth-order valence-corrected chi connectivity index (χ4v) is 2.91. The van der Waals surface area contributed by atoms with Gasteiger partial charge in [-0.2, -0.15) is 0 Å². The van der Waals surface area contributed by atoms with E-state index in [1.807, 2.05) is 25.1 Å². The Morgan fingerprint density at radius 3 is 2.53 bits per heavy atom. The minimum absolute atomic E-state index is 0.0232. The molecule has 0 aliphatic carbocycles. The van der Waals surface area contributed by atoms with Crippen molar-refractivity contribution < 1.29 is 9.18 Å². The monoisotopic (exact) mass is 294 g/mol. The first-order chi connectivity index (χ1) is 9.06. The second kappa shape index (κ2) is 6.22. The summed E-state index contributed by atoms with van der Waals surface area (Å²) in [5, 5.41) is 0.398. The molecule has 98 valence electrons. The largest absolute Gasteiger partial charge is 0.293 e. The lowest BCUT2D eigenvalue weighted by atomic mass is 10.1. The van der Waals surface area contributed by atoms with Crippen LogP contribution < -0.4 is 0 Å². The predicted octanol–water partition coefficient (Wildman–Crippen LogP) is 4.84. The van der Waals surface area contributed by atoms with E-state index in [9.17, 15) is 9.18 Å². The molecule has 19 heavy (non-hydrogen) atoms. The lowest BCUT2D eigenvalue weighted by molar-refractivity contribution is 0.0994. The van der Waals surface area contributed by atoms with Crippen LogP contribution in [0.3, 0.4) is 0 Å². The lowest BCUT2D eigenvalue weighted by Crippen LogP contribution is -2.13. The van der Waals surface area contributed by atoms with Crippen molar-refractivity contribution in [2.24, 2.45) is 0 Å². The molecule has 2 aromatic rings. The van der Waals surface area contributed by atoms with Crippen LogP contribution in [0.1, 0.15) is 17.3 Å². The molecule has 0 aromatic heterocycles. The van der Waals surface area contributed by atoms with Gasteiger partial charge in [-0.25, -0.2) is 4.39 Å². The number of thioether (sulfide) groups is 1. The highest BCUT2D eigenvalue weighted by atomic mass is 35.5. The zero-order valence-corrected chi connectivity index (χ0v) is 11.8. The molecule has 0 saturated carbocycles. The summed E-state index contributed by atoms with van der Waals surface area (Å²) in [5.41, 5.74) is 0.517. The summed E-state index contributed by atoms with van der Waals surface area (Å²) in [6.45, 7) is 1.83. The van der Waals surface area contributed by atoms with Crippen LogP contribution in [-0.4, -0.2) is 11.0 Å². The second-order valence-electron chi connectivity index (χ2n) is 4.09. The van der Waals surface area contributed by atoms with Gasteiger partial charge in [0.1, 0.15) is 5.82 Å². The van der Waals surface area contributed by atoms with Crippen molar-refractivity contribution in [3.63, 3.8) is 0 Å². The molecule has 0 N–H and O–H groups in total. The summed E-state index contributed by atoms with van der Waals surface area (Å²) >= 11 is 7.34. The van der Waals surface area contributed by atoms with E-state index >= 15 is 0 Å². The molecular weight excluding hydrogens is 283 g/mol. The molecule has 0 aliphatic rings. The number of halogens is 2. The van der Waals surface area contributed by atoms with E-state index in [-0.39, 0.29) is 16.9 Å². The van der Waals surface area contributed by atoms with Crippen molar-refractivity contribution >= 4 is 29.1 Å². The van der Waals surface area contributed by atoms with Gasteiger partial charge in [-0.05, 0) is 49.4 Å². The van der Waals surface area contributed by atoms with Crippen molar-refractivity contribution in [2.75, 3.05) is 0 Å². The van der Waals surface area contributed by atoms with Crippen LogP contribution in [0.5, 0.6) is 0 Å². The maximum atomic E-state index is 12.8. The van der Waals surface area contributed by atoms with Gasteiger partial charge < -0.3 is 0 Å². The van der Waals surface area contributed by atoms with Gasteiger partial charge in [0.25, 0.3) is 0 Å². The van der Waals surface area contributed by atoms with Crippen molar-refractivity contribution in [3.8, 4) is 0 Å². The minimum atomic E-state index is -0.341. The highest BCUT2D eigenvalue weighted by Gasteiger charge is 2.16. The Kier molecular flexibility index (Phi) is 4.61. The first-order valence-electron chi connectivity index (χ1n) is 5.78. The third-order valence-corrected chi connectivity index (χ3v) is 3.94. The Bertz CT molecular complexity index is 583. The molecule has 1 atom stereocenters. The van der Waals surface area contributed by atoms with Crippen molar-refractivity contribution in [3.05, 3.63) is 64.9 Å². The van der Waals surface area contributed by atoms with E-state index in [4.69, 9.17) is 11.6 Å². The molecule has 0 fully saturated rings. The fraction of sp³-hybridized carbons (Fsp3) is 0.133. The van der Waals surface area contributed by atoms with Gasteiger partial charge >= 0.3 is 0 Å². The van der Waals surface area contributed by atoms with Crippen LogP contribution in [0.15, 0.2) is 53.4 Å². The molecule has 0 heterocycles. The minimum Gasteiger partial charge on any atom is -0.293 e.